The molecule has 84 valence electrons. The van der Waals surface area contributed by atoms with Gasteiger partial charge in [0.2, 0.25) is 0 Å². The lowest BCUT2D eigenvalue weighted by atomic mass is 10.1. The van der Waals surface area contributed by atoms with E-state index in [0.717, 1.165) is 4.90 Å². The molecular formula is C10H13F3N2. The van der Waals surface area contributed by atoms with Crippen LogP contribution in [0.15, 0.2) is 24.3 Å². The molecule has 0 aromatic heterocycles. The van der Waals surface area contributed by atoms with Crippen LogP contribution in [0.5, 0.6) is 0 Å². The van der Waals surface area contributed by atoms with E-state index in [1.165, 1.54) is 32.3 Å². The zero-order valence-corrected chi connectivity index (χ0v) is 8.55. The van der Waals surface area contributed by atoms with E-state index in [1.54, 1.807) is 6.07 Å². The lowest BCUT2D eigenvalue weighted by Crippen LogP contribution is -2.33. The van der Waals surface area contributed by atoms with Crippen molar-refractivity contribution in [1.29, 1.82) is 0 Å². The number of anilines is 1. The molecule has 5 heteroatoms. The van der Waals surface area contributed by atoms with Crippen LogP contribution in [0.1, 0.15) is 11.6 Å². The van der Waals surface area contributed by atoms with Crippen molar-refractivity contribution in [3.05, 3.63) is 29.8 Å². The van der Waals surface area contributed by atoms with Crippen molar-refractivity contribution in [2.24, 2.45) is 0 Å². The number of hydrogen-bond acceptors (Lipinski definition) is 2. The summed E-state index contributed by atoms with van der Waals surface area (Å²) in [5, 5.41) is 0. The monoisotopic (exact) mass is 218 g/mol. The molecular weight excluding hydrogens is 205 g/mol. The van der Waals surface area contributed by atoms with Gasteiger partial charge in [0.1, 0.15) is 6.04 Å². The van der Waals surface area contributed by atoms with Crippen LogP contribution in [-0.4, -0.2) is 25.2 Å². The number of halogens is 3. The van der Waals surface area contributed by atoms with Gasteiger partial charge in [0.25, 0.3) is 0 Å². The predicted molar refractivity (Wildman–Crippen MR) is 53.3 cm³/mol. The number of alkyl halides is 3. The zero-order chi connectivity index (χ0) is 11.6. The van der Waals surface area contributed by atoms with Crippen molar-refractivity contribution in [1.82, 2.24) is 4.90 Å². The molecule has 0 aliphatic carbocycles. The molecule has 0 saturated heterocycles. The maximum atomic E-state index is 12.7. The molecule has 0 heterocycles. The summed E-state index contributed by atoms with van der Waals surface area (Å²) in [5.41, 5.74) is 5.95. The highest BCUT2D eigenvalue weighted by Gasteiger charge is 2.42. The average Bonchev–Trinajstić information content (AvgIpc) is 1.99. The highest BCUT2D eigenvalue weighted by Crippen LogP contribution is 2.36. The molecule has 1 unspecified atom stereocenters. The van der Waals surface area contributed by atoms with Crippen LogP contribution in [-0.2, 0) is 0 Å². The number of nitrogens with zero attached hydrogens (tertiary/aromatic N) is 1. The van der Waals surface area contributed by atoms with Crippen molar-refractivity contribution >= 4 is 5.69 Å². The van der Waals surface area contributed by atoms with Gasteiger partial charge >= 0.3 is 6.18 Å². The Balaban J connectivity index is 3.11. The zero-order valence-electron chi connectivity index (χ0n) is 8.55. The Bertz CT molecular complexity index is 334. The van der Waals surface area contributed by atoms with Crippen LogP contribution >= 0.6 is 0 Å². The molecule has 1 aromatic rings. The number of benzene rings is 1. The molecule has 0 aliphatic rings. The second-order valence-corrected chi connectivity index (χ2v) is 3.58. The fraction of sp³-hybridized carbons (Fsp3) is 0.400. The Kier molecular flexibility index (Phi) is 3.24. The molecule has 2 nitrogen and oxygen atoms in total. The first-order valence-electron chi connectivity index (χ1n) is 4.41. The van der Waals surface area contributed by atoms with E-state index in [-0.39, 0.29) is 5.56 Å². The number of rotatable bonds is 2. The quantitative estimate of drug-likeness (QED) is 0.772. The van der Waals surface area contributed by atoms with Gasteiger partial charge in [-0.25, -0.2) is 0 Å². The minimum atomic E-state index is -4.29. The Morgan fingerprint density at radius 2 is 1.87 bits per heavy atom. The molecule has 1 aromatic carbocycles. The highest BCUT2D eigenvalue weighted by molar-refractivity contribution is 5.42. The summed E-state index contributed by atoms with van der Waals surface area (Å²) in [6, 6.07) is 4.24. The Labute approximate surface area is 86.5 Å². The van der Waals surface area contributed by atoms with Gasteiger partial charge in [-0.1, -0.05) is 12.1 Å². The standard InChI is InChI=1S/C10H13F3N2/c1-15(2)9(10(11,12)13)7-4-3-5-8(14)6-7/h3-6,9H,14H2,1-2H3. The topological polar surface area (TPSA) is 29.3 Å². The van der Waals surface area contributed by atoms with E-state index < -0.39 is 12.2 Å². The summed E-state index contributed by atoms with van der Waals surface area (Å²) in [7, 11) is 2.78. The molecule has 0 radical (unpaired) electrons. The lowest BCUT2D eigenvalue weighted by Gasteiger charge is -2.27. The SMILES string of the molecule is CN(C)C(c1cccc(N)c1)C(F)(F)F. The first kappa shape index (κ1) is 11.8. The molecule has 1 rings (SSSR count). The van der Waals surface area contributed by atoms with Crippen molar-refractivity contribution < 1.29 is 13.2 Å². The third-order valence-electron chi connectivity index (χ3n) is 2.05. The van der Waals surface area contributed by atoms with Gasteiger partial charge < -0.3 is 5.73 Å². The van der Waals surface area contributed by atoms with Crippen LogP contribution in [0, 0.1) is 0 Å². The van der Waals surface area contributed by atoms with E-state index in [4.69, 9.17) is 5.73 Å². The molecule has 0 spiro atoms. The molecule has 0 amide bonds. The average molecular weight is 218 g/mol. The van der Waals surface area contributed by atoms with Crippen LogP contribution < -0.4 is 5.73 Å². The molecule has 0 aliphatic heterocycles. The van der Waals surface area contributed by atoms with Crippen molar-refractivity contribution in [2.75, 3.05) is 19.8 Å². The summed E-state index contributed by atoms with van der Waals surface area (Å²) in [6.45, 7) is 0. The lowest BCUT2D eigenvalue weighted by molar-refractivity contribution is -0.179. The minimum absolute atomic E-state index is 0.160. The first-order valence-corrected chi connectivity index (χ1v) is 4.41. The van der Waals surface area contributed by atoms with Gasteiger partial charge in [0.15, 0.2) is 0 Å². The number of nitrogens with two attached hydrogens (primary N) is 1. The van der Waals surface area contributed by atoms with Gasteiger partial charge in [-0.05, 0) is 31.8 Å². The molecule has 1 atom stereocenters. The fourth-order valence-electron chi connectivity index (χ4n) is 1.51. The molecule has 15 heavy (non-hydrogen) atoms. The van der Waals surface area contributed by atoms with E-state index in [9.17, 15) is 13.2 Å². The number of hydrogen-bond donors (Lipinski definition) is 1. The van der Waals surface area contributed by atoms with Gasteiger partial charge in [0.05, 0.1) is 0 Å². The Hall–Kier alpha value is -1.23. The van der Waals surface area contributed by atoms with Crippen LogP contribution in [0.3, 0.4) is 0 Å². The van der Waals surface area contributed by atoms with Crippen molar-refractivity contribution in [3.8, 4) is 0 Å². The van der Waals surface area contributed by atoms with Crippen molar-refractivity contribution in [2.45, 2.75) is 12.2 Å². The predicted octanol–water partition coefficient (Wildman–Crippen LogP) is 2.43. The van der Waals surface area contributed by atoms with Crippen LogP contribution in [0.2, 0.25) is 0 Å². The normalized spacial score (nSPS) is 14.3. The highest BCUT2D eigenvalue weighted by atomic mass is 19.4. The maximum absolute atomic E-state index is 12.7. The fourth-order valence-corrected chi connectivity index (χ4v) is 1.51. The van der Waals surface area contributed by atoms with E-state index in [2.05, 4.69) is 0 Å². The molecule has 0 bridgehead atoms. The molecule has 2 N–H and O–H groups in total. The second kappa shape index (κ2) is 4.10. The van der Waals surface area contributed by atoms with Gasteiger partial charge in [-0.3, -0.25) is 4.90 Å². The summed E-state index contributed by atoms with van der Waals surface area (Å²) in [6.07, 6.45) is -4.29. The molecule has 0 fully saturated rings. The van der Waals surface area contributed by atoms with E-state index in [0.29, 0.717) is 5.69 Å². The summed E-state index contributed by atoms with van der Waals surface area (Å²) in [4.78, 5) is 1.12. The first-order chi connectivity index (χ1) is 6.82. The third-order valence-corrected chi connectivity index (χ3v) is 2.05. The summed E-state index contributed by atoms with van der Waals surface area (Å²) >= 11 is 0. The Morgan fingerprint density at radius 1 is 1.27 bits per heavy atom. The smallest absolute Gasteiger partial charge is 0.399 e. The second-order valence-electron chi connectivity index (χ2n) is 3.58. The molecule has 0 saturated carbocycles. The summed E-state index contributed by atoms with van der Waals surface area (Å²) in [5.74, 6) is 0. The maximum Gasteiger partial charge on any atom is 0.408 e. The van der Waals surface area contributed by atoms with Gasteiger partial charge in [-0.2, -0.15) is 13.2 Å². The minimum Gasteiger partial charge on any atom is -0.399 e. The summed E-state index contributed by atoms with van der Waals surface area (Å²) < 4.78 is 38.1. The third kappa shape index (κ3) is 2.86. The Morgan fingerprint density at radius 3 is 2.27 bits per heavy atom. The van der Waals surface area contributed by atoms with Crippen LogP contribution in [0.25, 0.3) is 0 Å². The van der Waals surface area contributed by atoms with E-state index >= 15 is 0 Å². The van der Waals surface area contributed by atoms with Gasteiger partial charge in [-0.15, -0.1) is 0 Å². The number of nitrogen functional groups attached to an aromatic ring is 1. The van der Waals surface area contributed by atoms with E-state index in [1.807, 2.05) is 0 Å². The van der Waals surface area contributed by atoms with Crippen LogP contribution in [0.4, 0.5) is 18.9 Å². The van der Waals surface area contributed by atoms with Gasteiger partial charge in [0, 0.05) is 5.69 Å². The van der Waals surface area contributed by atoms with Crippen molar-refractivity contribution in [3.63, 3.8) is 0 Å². The largest absolute Gasteiger partial charge is 0.408 e.